The third-order valence-electron chi connectivity index (χ3n) is 5.34. The molecule has 3 nitrogen and oxygen atoms in total. The van der Waals surface area contributed by atoms with Crippen molar-refractivity contribution in [3.8, 4) is 5.75 Å². The molecule has 5 heteroatoms. The Bertz CT molecular complexity index is 1010. The first-order chi connectivity index (χ1) is 13.5. The van der Waals surface area contributed by atoms with Crippen molar-refractivity contribution in [3.63, 3.8) is 0 Å². The number of carbonyl (C=O) groups is 1. The fraction of sp³-hybridized carbons (Fsp3) is 0.174. The summed E-state index contributed by atoms with van der Waals surface area (Å²) >= 11 is 12.3. The van der Waals surface area contributed by atoms with Gasteiger partial charge in [0.15, 0.2) is 0 Å². The minimum atomic E-state index is -0.694. The van der Waals surface area contributed by atoms with E-state index in [0.29, 0.717) is 34.3 Å². The lowest BCUT2D eigenvalue weighted by atomic mass is 9.76. The normalized spacial score (nSPS) is 14.4. The molecule has 0 aromatic heterocycles. The number of ether oxygens (including phenoxy) is 1. The van der Waals surface area contributed by atoms with Crippen molar-refractivity contribution < 1.29 is 9.53 Å². The molecule has 0 bridgehead atoms. The average Bonchev–Trinajstić information content (AvgIpc) is 3.09. The van der Waals surface area contributed by atoms with Gasteiger partial charge in [-0.25, -0.2) is 0 Å². The smallest absolute Gasteiger partial charge is 0.235 e. The number of rotatable bonds is 4. The van der Waals surface area contributed by atoms with Gasteiger partial charge in [0.1, 0.15) is 5.75 Å². The Balaban J connectivity index is 1.71. The summed E-state index contributed by atoms with van der Waals surface area (Å²) in [4.78, 5) is 13.5. The van der Waals surface area contributed by atoms with Gasteiger partial charge >= 0.3 is 0 Å². The Morgan fingerprint density at radius 2 is 1.61 bits per heavy atom. The van der Waals surface area contributed by atoms with Crippen LogP contribution in [0.4, 0.5) is 5.69 Å². The fourth-order valence-corrected chi connectivity index (χ4v) is 4.26. The molecule has 0 saturated carbocycles. The number of fused-ring (bicyclic) bond motifs is 1. The molecule has 0 heterocycles. The summed E-state index contributed by atoms with van der Waals surface area (Å²) in [7, 11) is 1.56. The molecule has 0 spiro atoms. The summed E-state index contributed by atoms with van der Waals surface area (Å²) in [5.74, 6) is 0.507. The van der Waals surface area contributed by atoms with E-state index in [1.165, 1.54) is 11.1 Å². The topological polar surface area (TPSA) is 38.3 Å². The molecular weight excluding hydrogens is 393 g/mol. The van der Waals surface area contributed by atoms with Crippen LogP contribution in [0.3, 0.4) is 0 Å². The van der Waals surface area contributed by atoms with Crippen LogP contribution in [0.25, 0.3) is 0 Å². The zero-order valence-electron chi connectivity index (χ0n) is 15.3. The monoisotopic (exact) mass is 411 g/mol. The number of halogens is 2. The molecule has 1 N–H and O–H groups in total. The summed E-state index contributed by atoms with van der Waals surface area (Å²) < 4.78 is 5.19. The van der Waals surface area contributed by atoms with Crippen LogP contribution in [0.5, 0.6) is 5.75 Å². The van der Waals surface area contributed by atoms with E-state index in [9.17, 15) is 4.79 Å². The quantitative estimate of drug-likeness (QED) is 0.599. The van der Waals surface area contributed by atoms with Crippen LogP contribution >= 0.6 is 23.2 Å². The minimum Gasteiger partial charge on any atom is -0.495 e. The van der Waals surface area contributed by atoms with Crippen molar-refractivity contribution in [3.05, 3.63) is 93.5 Å². The molecule has 0 radical (unpaired) electrons. The maximum Gasteiger partial charge on any atom is 0.235 e. The Morgan fingerprint density at radius 1 is 0.964 bits per heavy atom. The highest BCUT2D eigenvalue weighted by atomic mass is 35.5. The van der Waals surface area contributed by atoms with Crippen molar-refractivity contribution in [1.82, 2.24) is 0 Å². The molecule has 4 rings (SSSR count). The van der Waals surface area contributed by atoms with Gasteiger partial charge in [-0.1, -0.05) is 59.6 Å². The lowest BCUT2D eigenvalue weighted by Crippen LogP contribution is -2.41. The van der Waals surface area contributed by atoms with E-state index in [1.54, 1.807) is 25.3 Å². The second-order valence-corrected chi connectivity index (χ2v) is 7.86. The molecule has 1 aliphatic carbocycles. The Morgan fingerprint density at radius 3 is 2.18 bits per heavy atom. The third-order valence-corrected chi connectivity index (χ3v) is 5.89. The molecule has 3 aromatic rings. The fourth-order valence-electron chi connectivity index (χ4n) is 3.87. The van der Waals surface area contributed by atoms with E-state index < -0.39 is 5.41 Å². The Kier molecular flexibility index (Phi) is 5.05. The van der Waals surface area contributed by atoms with Crippen LogP contribution in [0.2, 0.25) is 10.0 Å². The van der Waals surface area contributed by atoms with E-state index in [2.05, 4.69) is 17.4 Å². The second kappa shape index (κ2) is 7.50. The van der Waals surface area contributed by atoms with Crippen LogP contribution in [0, 0.1) is 0 Å². The molecular formula is C23H19Cl2NO2. The minimum absolute atomic E-state index is 0.0627. The highest BCUT2D eigenvalue weighted by Crippen LogP contribution is 2.41. The van der Waals surface area contributed by atoms with E-state index >= 15 is 0 Å². The molecule has 142 valence electrons. The van der Waals surface area contributed by atoms with Crippen molar-refractivity contribution in [2.75, 3.05) is 12.4 Å². The molecule has 0 aliphatic heterocycles. The maximum atomic E-state index is 13.5. The first kappa shape index (κ1) is 18.9. The third kappa shape index (κ3) is 3.36. The maximum absolute atomic E-state index is 13.5. The van der Waals surface area contributed by atoms with Crippen molar-refractivity contribution >= 4 is 34.8 Å². The standard InChI is InChI=1S/C23H19Cl2NO2/c1-28-21-11-10-19(12-20(21)25)26-22(27)23(17-6-8-18(24)9-7-17)13-15-4-2-3-5-16(15)14-23/h2-12H,13-14H2,1H3,(H,26,27). The largest absolute Gasteiger partial charge is 0.495 e. The number of hydrogen-bond acceptors (Lipinski definition) is 2. The van der Waals surface area contributed by atoms with E-state index in [1.807, 2.05) is 36.4 Å². The number of amides is 1. The number of benzene rings is 3. The second-order valence-electron chi connectivity index (χ2n) is 7.01. The lowest BCUT2D eigenvalue weighted by molar-refractivity contribution is -0.121. The molecule has 28 heavy (non-hydrogen) atoms. The molecule has 1 amide bonds. The summed E-state index contributed by atoms with van der Waals surface area (Å²) in [6.07, 6.45) is 1.28. The van der Waals surface area contributed by atoms with Gasteiger partial charge in [0.05, 0.1) is 17.5 Å². The van der Waals surface area contributed by atoms with Crippen LogP contribution in [-0.4, -0.2) is 13.0 Å². The van der Waals surface area contributed by atoms with Crippen LogP contribution in [-0.2, 0) is 23.1 Å². The Labute approximate surface area is 174 Å². The predicted molar refractivity (Wildman–Crippen MR) is 114 cm³/mol. The SMILES string of the molecule is COc1ccc(NC(=O)C2(c3ccc(Cl)cc3)Cc3ccccc3C2)cc1Cl. The Hall–Kier alpha value is -2.49. The van der Waals surface area contributed by atoms with Gasteiger partial charge in [-0.3, -0.25) is 4.79 Å². The molecule has 0 saturated heterocycles. The van der Waals surface area contributed by atoms with Gasteiger partial charge in [-0.2, -0.15) is 0 Å². The van der Waals surface area contributed by atoms with Gasteiger partial charge in [0.25, 0.3) is 0 Å². The summed E-state index contributed by atoms with van der Waals surface area (Å²) in [5, 5.41) is 4.16. The highest BCUT2D eigenvalue weighted by Gasteiger charge is 2.45. The zero-order valence-corrected chi connectivity index (χ0v) is 16.8. The lowest BCUT2D eigenvalue weighted by Gasteiger charge is -2.28. The molecule has 0 unspecified atom stereocenters. The number of carbonyl (C=O) groups excluding carboxylic acids is 1. The van der Waals surface area contributed by atoms with Gasteiger partial charge in [-0.05, 0) is 59.9 Å². The number of methoxy groups -OCH3 is 1. The van der Waals surface area contributed by atoms with Crippen molar-refractivity contribution in [2.24, 2.45) is 0 Å². The summed E-state index contributed by atoms with van der Waals surface area (Å²) in [6.45, 7) is 0. The van der Waals surface area contributed by atoms with E-state index in [4.69, 9.17) is 27.9 Å². The van der Waals surface area contributed by atoms with Gasteiger partial charge in [-0.15, -0.1) is 0 Å². The van der Waals surface area contributed by atoms with Crippen LogP contribution in [0.15, 0.2) is 66.7 Å². The van der Waals surface area contributed by atoms with E-state index in [0.717, 1.165) is 5.56 Å². The van der Waals surface area contributed by atoms with Gasteiger partial charge < -0.3 is 10.1 Å². The number of anilines is 1. The summed E-state index contributed by atoms with van der Waals surface area (Å²) in [6, 6.07) is 21.0. The summed E-state index contributed by atoms with van der Waals surface area (Å²) in [5.41, 5.74) is 3.28. The number of nitrogens with one attached hydrogen (secondary N) is 1. The van der Waals surface area contributed by atoms with E-state index in [-0.39, 0.29) is 5.91 Å². The van der Waals surface area contributed by atoms with Crippen LogP contribution < -0.4 is 10.1 Å². The highest BCUT2D eigenvalue weighted by molar-refractivity contribution is 6.32. The molecule has 0 fully saturated rings. The van der Waals surface area contributed by atoms with Gasteiger partial charge in [0, 0.05) is 10.7 Å². The van der Waals surface area contributed by atoms with Gasteiger partial charge in [0.2, 0.25) is 5.91 Å². The first-order valence-corrected chi connectivity index (χ1v) is 9.75. The molecule has 0 atom stereocenters. The average molecular weight is 412 g/mol. The van der Waals surface area contributed by atoms with Crippen molar-refractivity contribution in [2.45, 2.75) is 18.3 Å². The van der Waals surface area contributed by atoms with Crippen LogP contribution in [0.1, 0.15) is 16.7 Å². The molecule has 3 aromatic carbocycles. The first-order valence-electron chi connectivity index (χ1n) is 9.00. The molecule has 1 aliphatic rings. The van der Waals surface area contributed by atoms with Crippen molar-refractivity contribution in [1.29, 1.82) is 0 Å². The number of hydrogen-bond donors (Lipinski definition) is 1. The predicted octanol–water partition coefficient (Wildman–Crippen LogP) is 5.68. The zero-order chi connectivity index (χ0) is 19.7.